The summed E-state index contributed by atoms with van der Waals surface area (Å²) in [5.74, 6) is 0.384. The Hall–Kier alpha value is -2.64. The number of ether oxygens (including phenoxy) is 2. The van der Waals surface area contributed by atoms with Crippen molar-refractivity contribution in [3.05, 3.63) is 28.7 Å². The number of hydrogen-bond acceptors (Lipinski definition) is 6. The van der Waals surface area contributed by atoms with Gasteiger partial charge in [-0.3, -0.25) is 4.79 Å². The molecule has 0 aromatic carbocycles. The molecule has 1 fully saturated rings. The second kappa shape index (κ2) is 5.53. The maximum atomic E-state index is 11.8. The number of hydrogen-bond donors (Lipinski definition) is 1. The van der Waals surface area contributed by atoms with E-state index >= 15 is 0 Å². The van der Waals surface area contributed by atoms with E-state index in [1.165, 1.54) is 6.20 Å². The number of amides is 1. The number of H-pyrrole nitrogens is 1. The first-order valence-corrected chi connectivity index (χ1v) is 7.31. The molecule has 0 atom stereocenters. The zero-order chi connectivity index (χ0) is 16.6. The molecule has 2 aromatic rings. The van der Waals surface area contributed by atoms with E-state index < -0.39 is 5.60 Å². The fraction of sp³-hybridized carbons (Fsp3) is 0.467. The average molecular weight is 318 g/mol. The Labute approximate surface area is 132 Å². The standard InChI is InChI=1S/C15H18N4O4/c1-15(2,3)23-14(21)19-7-9(8-19)22-12-5-4-10-13(18-12)17-11(20)6-16-10/h4-6,9H,7-8H2,1-3H3,(H,17,18,20). The largest absolute Gasteiger partial charge is 0.471 e. The molecule has 2 aromatic heterocycles. The summed E-state index contributed by atoms with van der Waals surface area (Å²) in [7, 11) is 0. The van der Waals surface area contributed by atoms with Gasteiger partial charge in [0.15, 0.2) is 5.65 Å². The van der Waals surface area contributed by atoms with Gasteiger partial charge >= 0.3 is 6.09 Å². The van der Waals surface area contributed by atoms with Crippen LogP contribution in [0.25, 0.3) is 11.2 Å². The van der Waals surface area contributed by atoms with E-state index in [0.717, 1.165) is 0 Å². The van der Waals surface area contributed by atoms with Gasteiger partial charge in [0.2, 0.25) is 5.88 Å². The zero-order valence-corrected chi connectivity index (χ0v) is 13.2. The van der Waals surface area contributed by atoms with Crippen molar-refractivity contribution >= 4 is 17.3 Å². The van der Waals surface area contributed by atoms with Crippen LogP contribution in [0, 0.1) is 0 Å². The molecule has 8 heteroatoms. The van der Waals surface area contributed by atoms with E-state index in [9.17, 15) is 9.59 Å². The maximum Gasteiger partial charge on any atom is 0.410 e. The normalized spacial score (nSPS) is 15.3. The summed E-state index contributed by atoms with van der Waals surface area (Å²) < 4.78 is 11.0. The Balaban J connectivity index is 1.60. The molecule has 0 radical (unpaired) electrons. The molecule has 0 bridgehead atoms. The van der Waals surface area contributed by atoms with Gasteiger partial charge in [-0.2, -0.15) is 4.98 Å². The third-order valence-electron chi connectivity index (χ3n) is 3.20. The lowest BCUT2D eigenvalue weighted by molar-refractivity contribution is -0.0231. The molecule has 3 rings (SSSR count). The monoisotopic (exact) mass is 318 g/mol. The Morgan fingerprint density at radius 3 is 2.78 bits per heavy atom. The minimum absolute atomic E-state index is 0.143. The predicted molar refractivity (Wildman–Crippen MR) is 82.4 cm³/mol. The Morgan fingerprint density at radius 2 is 2.09 bits per heavy atom. The minimum atomic E-state index is -0.512. The second-order valence-electron chi connectivity index (χ2n) is 6.39. The molecular formula is C15H18N4O4. The highest BCUT2D eigenvalue weighted by Crippen LogP contribution is 2.20. The molecule has 8 nitrogen and oxygen atoms in total. The number of nitrogens with zero attached hydrogens (tertiary/aromatic N) is 3. The molecule has 1 amide bonds. The molecular weight excluding hydrogens is 300 g/mol. The highest BCUT2D eigenvalue weighted by Gasteiger charge is 2.35. The summed E-state index contributed by atoms with van der Waals surface area (Å²) in [6.45, 7) is 6.36. The van der Waals surface area contributed by atoms with Crippen molar-refractivity contribution in [2.75, 3.05) is 13.1 Å². The van der Waals surface area contributed by atoms with E-state index in [4.69, 9.17) is 9.47 Å². The van der Waals surface area contributed by atoms with Gasteiger partial charge < -0.3 is 19.4 Å². The van der Waals surface area contributed by atoms with E-state index in [2.05, 4.69) is 15.0 Å². The average Bonchev–Trinajstić information content (AvgIpc) is 2.39. The summed E-state index contributed by atoms with van der Waals surface area (Å²) in [4.78, 5) is 35.4. The summed E-state index contributed by atoms with van der Waals surface area (Å²) in [6, 6.07) is 3.40. The van der Waals surface area contributed by atoms with Crippen LogP contribution in [0.3, 0.4) is 0 Å². The van der Waals surface area contributed by atoms with Gasteiger partial charge in [0.1, 0.15) is 17.2 Å². The maximum absolute atomic E-state index is 11.8. The summed E-state index contributed by atoms with van der Waals surface area (Å²) in [5.41, 5.74) is 0.128. The lowest BCUT2D eigenvalue weighted by Gasteiger charge is -2.39. The molecule has 0 saturated carbocycles. The molecule has 1 saturated heterocycles. The summed E-state index contributed by atoms with van der Waals surface area (Å²) in [6.07, 6.45) is 0.711. The van der Waals surface area contributed by atoms with Gasteiger partial charge in [-0.05, 0) is 26.8 Å². The second-order valence-corrected chi connectivity index (χ2v) is 6.39. The van der Waals surface area contributed by atoms with Gasteiger partial charge in [0, 0.05) is 6.07 Å². The smallest absolute Gasteiger partial charge is 0.410 e. The van der Waals surface area contributed by atoms with Crippen LogP contribution in [0.2, 0.25) is 0 Å². The third-order valence-corrected chi connectivity index (χ3v) is 3.20. The molecule has 0 aliphatic carbocycles. The number of aromatic amines is 1. The molecule has 0 unspecified atom stereocenters. The minimum Gasteiger partial charge on any atom is -0.471 e. The van der Waals surface area contributed by atoms with Crippen LogP contribution in [0.1, 0.15) is 20.8 Å². The van der Waals surface area contributed by atoms with Gasteiger partial charge in [-0.1, -0.05) is 0 Å². The van der Waals surface area contributed by atoms with Crippen LogP contribution >= 0.6 is 0 Å². The van der Waals surface area contributed by atoms with Crippen LogP contribution in [0.5, 0.6) is 5.88 Å². The molecule has 1 aliphatic heterocycles. The van der Waals surface area contributed by atoms with Crippen molar-refractivity contribution in [2.45, 2.75) is 32.5 Å². The molecule has 3 heterocycles. The number of rotatable bonds is 2. The first-order chi connectivity index (χ1) is 10.8. The van der Waals surface area contributed by atoms with Gasteiger partial charge in [-0.25, -0.2) is 9.78 Å². The first-order valence-electron chi connectivity index (χ1n) is 7.31. The Morgan fingerprint density at radius 1 is 1.35 bits per heavy atom. The lowest BCUT2D eigenvalue weighted by Crippen LogP contribution is -2.57. The van der Waals surface area contributed by atoms with Crippen LogP contribution < -0.4 is 10.3 Å². The molecule has 0 spiro atoms. The van der Waals surface area contributed by atoms with Crippen molar-refractivity contribution in [3.8, 4) is 5.88 Å². The first kappa shape index (κ1) is 15.3. The Bertz CT molecular complexity index is 790. The highest BCUT2D eigenvalue weighted by molar-refractivity contribution is 5.70. The number of aromatic nitrogens is 3. The third kappa shape index (κ3) is 3.58. The number of pyridine rings is 1. The molecule has 1 N–H and O–H groups in total. The highest BCUT2D eigenvalue weighted by atomic mass is 16.6. The number of fused-ring (bicyclic) bond motifs is 1. The summed E-state index contributed by atoms with van der Waals surface area (Å²) >= 11 is 0. The van der Waals surface area contributed by atoms with Gasteiger partial charge in [-0.15, -0.1) is 0 Å². The van der Waals surface area contributed by atoms with Crippen LogP contribution in [-0.4, -0.2) is 50.7 Å². The Kier molecular flexibility index (Phi) is 3.67. The van der Waals surface area contributed by atoms with Crippen molar-refractivity contribution in [3.63, 3.8) is 0 Å². The number of likely N-dealkylation sites (tertiary alicyclic amines) is 1. The van der Waals surface area contributed by atoms with Gasteiger partial charge in [0.25, 0.3) is 5.56 Å². The molecule has 23 heavy (non-hydrogen) atoms. The SMILES string of the molecule is CC(C)(C)OC(=O)N1CC(Oc2ccc3ncc(=O)[nH]c3n2)C1. The fourth-order valence-corrected chi connectivity index (χ4v) is 2.13. The van der Waals surface area contributed by atoms with Crippen LogP contribution in [0.4, 0.5) is 4.79 Å². The number of carbonyl (C=O) groups excluding carboxylic acids is 1. The van der Waals surface area contributed by atoms with Crippen LogP contribution in [0.15, 0.2) is 23.1 Å². The van der Waals surface area contributed by atoms with Crippen molar-refractivity contribution in [2.24, 2.45) is 0 Å². The lowest BCUT2D eigenvalue weighted by atomic mass is 10.2. The van der Waals surface area contributed by atoms with Crippen molar-refractivity contribution < 1.29 is 14.3 Å². The number of nitrogens with one attached hydrogen (secondary N) is 1. The van der Waals surface area contributed by atoms with E-state index in [-0.39, 0.29) is 17.8 Å². The van der Waals surface area contributed by atoms with Crippen molar-refractivity contribution in [1.82, 2.24) is 19.9 Å². The topological polar surface area (TPSA) is 97.4 Å². The molecule has 1 aliphatic rings. The van der Waals surface area contributed by atoms with E-state index in [1.54, 1.807) is 17.0 Å². The fourth-order valence-electron chi connectivity index (χ4n) is 2.13. The molecule has 122 valence electrons. The van der Waals surface area contributed by atoms with E-state index in [0.29, 0.717) is 30.1 Å². The van der Waals surface area contributed by atoms with Crippen molar-refractivity contribution in [1.29, 1.82) is 0 Å². The quantitative estimate of drug-likeness (QED) is 0.897. The summed E-state index contributed by atoms with van der Waals surface area (Å²) in [5, 5.41) is 0. The van der Waals surface area contributed by atoms with Crippen LogP contribution in [-0.2, 0) is 4.74 Å². The number of carbonyl (C=O) groups is 1. The zero-order valence-electron chi connectivity index (χ0n) is 13.2. The predicted octanol–water partition coefficient (Wildman–Crippen LogP) is 1.32. The van der Waals surface area contributed by atoms with E-state index in [1.807, 2.05) is 20.8 Å². The van der Waals surface area contributed by atoms with Gasteiger partial charge in [0.05, 0.1) is 19.3 Å².